The van der Waals surface area contributed by atoms with E-state index in [0.29, 0.717) is 6.54 Å². The summed E-state index contributed by atoms with van der Waals surface area (Å²) in [5.74, 6) is -2.49. The Balaban J connectivity index is 1.98. The summed E-state index contributed by atoms with van der Waals surface area (Å²) >= 11 is 0. The van der Waals surface area contributed by atoms with Gasteiger partial charge in [0.25, 0.3) is 5.92 Å². The second-order valence-corrected chi connectivity index (χ2v) is 4.05. The topological polar surface area (TPSA) is 24.1 Å². The summed E-state index contributed by atoms with van der Waals surface area (Å²) in [4.78, 5) is 0. The third-order valence-electron chi connectivity index (χ3n) is 2.54. The maximum atomic E-state index is 12.7. The average molecular weight is 206 g/mol. The van der Waals surface area contributed by atoms with Crippen LogP contribution in [0.15, 0.2) is 0 Å². The van der Waals surface area contributed by atoms with E-state index in [-0.39, 0.29) is 19.0 Å². The lowest BCUT2D eigenvalue weighted by molar-refractivity contribution is 0.0211. The van der Waals surface area contributed by atoms with Crippen molar-refractivity contribution < 1.29 is 8.78 Å². The van der Waals surface area contributed by atoms with E-state index in [2.05, 4.69) is 17.6 Å². The van der Waals surface area contributed by atoms with Crippen molar-refractivity contribution in [3.63, 3.8) is 0 Å². The molecule has 0 aromatic rings. The molecule has 0 saturated carbocycles. The molecule has 2 N–H and O–H groups in total. The molecule has 84 valence electrons. The second kappa shape index (κ2) is 5.61. The van der Waals surface area contributed by atoms with Gasteiger partial charge in [-0.25, -0.2) is 8.78 Å². The van der Waals surface area contributed by atoms with Crippen molar-refractivity contribution in [2.45, 2.75) is 44.6 Å². The molecule has 14 heavy (non-hydrogen) atoms. The maximum Gasteiger partial charge on any atom is 0.261 e. The Hall–Kier alpha value is -0.220. The van der Waals surface area contributed by atoms with Crippen molar-refractivity contribution in [3.05, 3.63) is 0 Å². The van der Waals surface area contributed by atoms with E-state index in [9.17, 15) is 8.78 Å². The minimum Gasteiger partial charge on any atom is -0.315 e. The van der Waals surface area contributed by atoms with Crippen LogP contribution in [0.3, 0.4) is 0 Å². The van der Waals surface area contributed by atoms with Crippen LogP contribution >= 0.6 is 0 Å². The van der Waals surface area contributed by atoms with E-state index in [0.717, 1.165) is 13.0 Å². The summed E-state index contributed by atoms with van der Waals surface area (Å²) in [7, 11) is 0. The van der Waals surface area contributed by atoms with E-state index in [1.807, 2.05) is 0 Å². The number of rotatable bonds is 6. The van der Waals surface area contributed by atoms with Gasteiger partial charge in [0.15, 0.2) is 0 Å². The Morgan fingerprint density at radius 2 is 2.21 bits per heavy atom. The molecule has 0 spiro atoms. The predicted molar refractivity (Wildman–Crippen MR) is 53.7 cm³/mol. The number of hydrogen-bond acceptors (Lipinski definition) is 2. The minimum atomic E-state index is -2.49. The summed E-state index contributed by atoms with van der Waals surface area (Å²) in [5.41, 5.74) is 0. The molecule has 2 nitrogen and oxygen atoms in total. The lowest BCUT2D eigenvalue weighted by Crippen LogP contribution is -2.34. The second-order valence-electron chi connectivity index (χ2n) is 4.05. The van der Waals surface area contributed by atoms with Crippen LogP contribution in [0, 0.1) is 0 Å². The number of nitrogens with one attached hydrogen (secondary N) is 2. The number of hydrogen-bond donors (Lipinski definition) is 2. The molecule has 1 atom stereocenters. The molecule has 1 saturated heterocycles. The van der Waals surface area contributed by atoms with Crippen molar-refractivity contribution >= 4 is 0 Å². The van der Waals surface area contributed by atoms with Gasteiger partial charge in [0.2, 0.25) is 0 Å². The predicted octanol–water partition coefficient (Wildman–Crippen LogP) is 1.76. The molecule has 0 amide bonds. The average Bonchev–Trinajstić information content (AvgIpc) is 2.45. The van der Waals surface area contributed by atoms with E-state index < -0.39 is 5.92 Å². The zero-order valence-electron chi connectivity index (χ0n) is 8.78. The third-order valence-corrected chi connectivity index (χ3v) is 2.54. The molecular weight excluding hydrogens is 186 g/mol. The standard InChI is InChI=1S/C10H20F2N2/c1-2-3-4-5-13-7-9-6-10(11,12)8-14-9/h9,13-14H,2-8H2,1H3. The zero-order chi connectivity index (χ0) is 10.4. The van der Waals surface area contributed by atoms with Crippen molar-refractivity contribution in [2.75, 3.05) is 19.6 Å². The Labute approximate surface area is 84.4 Å². The van der Waals surface area contributed by atoms with Crippen LogP contribution in [0.2, 0.25) is 0 Å². The van der Waals surface area contributed by atoms with E-state index in [1.165, 1.54) is 12.8 Å². The molecule has 4 heteroatoms. The first-order valence-corrected chi connectivity index (χ1v) is 5.46. The van der Waals surface area contributed by atoms with E-state index in [1.54, 1.807) is 0 Å². The van der Waals surface area contributed by atoms with Crippen molar-refractivity contribution in [2.24, 2.45) is 0 Å². The molecule has 1 heterocycles. The number of alkyl halides is 2. The molecule has 1 fully saturated rings. The highest BCUT2D eigenvalue weighted by molar-refractivity contribution is 4.88. The van der Waals surface area contributed by atoms with Crippen molar-refractivity contribution in [1.82, 2.24) is 10.6 Å². The summed E-state index contributed by atoms with van der Waals surface area (Å²) < 4.78 is 25.5. The smallest absolute Gasteiger partial charge is 0.261 e. The summed E-state index contributed by atoms with van der Waals surface area (Å²) in [6.45, 7) is 3.60. The molecule has 0 radical (unpaired) electrons. The maximum absolute atomic E-state index is 12.7. The van der Waals surface area contributed by atoms with Crippen LogP contribution in [0.4, 0.5) is 8.78 Å². The zero-order valence-corrected chi connectivity index (χ0v) is 8.78. The highest BCUT2D eigenvalue weighted by Crippen LogP contribution is 2.24. The van der Waals surface area contributed by atoms with Gasteiger partial charge in [0.1, 0.15) is 0 Å². The fourth-order valence-electron chi connectivity index (χ4n) is 1.72. The highest BCUT2D eigenvalue weighted by Gasteiger charge is 2.38. The van der Waals surface area contributed by atoms with Crippen molar-refractivity contribution in [1.29, 1.82) is 0 Å². The molecular formula is C10H20F2N2. The normalized spacial score (nSPS) is 25.5. The molecule has 1 unspecified atom stereocenters. The van der Waals surface area contributed by atoms with Crippen LogP contribution in [0.25, 0.3) is 0 Å². The quantitative estimate of drug-likeness (QED) is 0.647. The fourth-order valence-corrected chi connectivity index (χ4v) is 1.72. The molecule has 1 aliphatic heterocycles. The highest BCUT2D eigenvalue weighted by atomic mass is 19.3. The van der Waals surface area contributed by atoms with Gasteiger partial charge in [0.05, 0.1) is 6.54 Å². The number of halogens is 2. The molecule has 0 aliphatic carbocycles. The monoisotopic (exact) mass is 206 g/mol. The molecule has 0 bridgehead atoms. The Kier molecular flexibility index (Phi) is 4.75. The lowest BCUT2D eigenvalue weighted by Gasteiger charge is -2.11. The van der Waals surface area contributed by atoms with Crippen LogP contribution in [0.5, 0.6) is 0 Å². The van der Waals surface area contributed by atoms with Crippen LogP contribution in [0.1, 0.15) is 32.6 Å². The summed E-state index contributed by atoms with van der Waals surface area (Å²) in [6.07, 6.45) is 3.52. The Morgan fingerprint density at radius 3 is 2.79 bits per heavy atom. The first kappa shape index (κ1) is 11.9. The Morgan fingerprint density at radius 1 is 1.43 bits per heavy atom. The van der Waals surface area contributed by atoms with E-state index in [4.69, 9.17) is 0 Å². The molecule has 1 rings (SSSR count). The minimum absolute atomic E-state index is 0.0201. The van der Waals surface area contributed by atoms with Gasteiger partial charge in [-0.15, -0.1) is 0 Å². The third kappa shape index (κ3) is 4.33. The summed E-state index contributed by atoms with van der Waals surface area (Å²) in [5, 5.41) is 6.03. The number of unbranched alkanes of at least 4 members (excludes halogenated alkanes) is 2. The van der Waals surface area contributed by atoms with Crippen molar-refractivity contribution in [3.8, 4) is 0 Å². The Bertz CT molecular complexity index is 162. The first-order valence-electron chi connectivity index (χ1n) is 5.46. The molecule has 0 aromatic heterocycles. The summed E-state index contributed by atoms with van der Waals surface area (Å²) in [6, 6.07) is -0.0494. The van der Waals surface area contributed by atoms with Gasteiger partial charge in [0, 0.05) is 19.0 Å². The van der Waals surface area contributed by atoms with E-state index >= 15 is 0 Å². The molecule has 1 aliphatic rings. The van der Waals surface area contributed by atoms with Gasteiger partial charge >= 0.3 is 0 Å². The lowest BCUT2D eigenvalue weighted by atomic mass is 10.2. The first-order chi connectivity index (χ1) is 6.64. The largest absolute Gasteiger partial charge is 0.315 e. The van der Waals surface area contributed by atoms with Gasteiger partial charge in [-0.3, -0.25) is 0 Å². The van der Waals surface area contributed by atoms with Gasteiger partial charge < -0.3 is 10.6 Å². The van der Waals surface area contributed by atoms with Crippen LogP contribution < -0.4 is 10.6 Å². The van der Waals surface area contributed by atoms with Gasteiger partial charge in [-0.05, 0) is 13.0 Å². The van der Waals surface area contributed by atoms with Crippen LogP contribution in [-0.2, 0) is 0 Å². The fraction of sp³-hybridized carbons (Fsp3) is 1.00. The van der Waals surface area contributed by atoms with Crippen LogP contribution in [-0.4, -0.2) is 31.6 Å². The van der Waals surface area contributed by atoms with Gasteiger partial charge in [-0.1, -0.05) is 19.8 Å². The SMILES string of the molecule is CCCCCNCC1CC(F)(F)CN1. The van der Waals surface area contributed by atoms with Gasteiger partial charge in [-0.2, -0.15) is 0 Å². The molecule has 0 aromatic carbocycles.